The number of aromatic nitrogens is 4. The zero-order valence-corrected chi connectivity index (χ0v) is 17.9. The number of carbonyl (C=O) groups is 1. The Morgan fingerprint density at radius 2 is 1.88 bits per heavy atom. The first-order valence-electron chi connectivity index (χ1n) is 11.1. The molecule has 1 aliphatic carbocycles. The Balaban J connectivity index is 1.20. The van der Waals surface area contributed by atoms with Crippen molar-refractivity contribution in [2.24, 2.45) is 11.8 Å². The molecule has 0 bridgehead atoms. The molecule has 0 spiro atoms. The lowest BCUT2D eigenvalue weighted by molar-refractivity contribution is -0.183. The van der Waals surface area contributed by atoms with Crippen molar-refractivity contribution in [3.63, 3.8) is 0 Å². The molecule has 168 valence electrons. The molecule has 3 heterocycles. The number of aryl methyl sites for hydroxylation is 1. The van der Waals surface area contributed by atoms with Crippen LogP contribution in [0, 0.1) is 30.4 Å². The zero-order valence-electron chi connectivity index (χ0n) is 17.9. The third-order valence-corrected chi connectivity index (χ3v) is 6.51. The molecule has 2 aliphatic rings. The highest BCUT2D eigenvalue weighted by Crippen LogP contribution is 2.37. The van der Waals surface area contributed by atoms with Gasteiger partial charge in [-0.1, -0.05) is 6.07 Å². The highest BCUT2D eigenvalue weighted by molar-refractivity contribution is 5.78. The predicted molar refractivity (Wildman–Crippen MR) is 111 cm³/mol. The Labute approximate surface area is 184 Å². The smallest absolute Gasteiger partial charge is 0.249 e. The van der Waals surface area contributed by atoms with Gasteiger partial charge in [-0.25, -0.2) is 18.8 Å². The summed E-state index contributed by atoms with van der Waals surface area (Å²) in [5.74, 6) is -0.833. The number of hydrogen-bond acceptors (Lipinski definition) is 5. The van der Waals surface area contributed by atoms with Crippen molar-refractivity contribution in [2.75, 3.05) is 6.61 Å². The molecule has 32 heavy (non-hydrogen) atoms. The van der Waals surface area contributed by atoms with Crippen LogP contribution in [-0.2, 0) is 16.1 Å². The monoisotopic (exact) mass is 441 g/mol. The SMILES string of the molecule is Cc1nc2ccc(CC3CCC(C(=O)N4OCC[C@H]4c4ccc(F)c(F)c4)CC3)nn2n1. The van der Waals surface area contributed by atoms with Crippen LogP contribution < -0.4 is 0 Å². The van der Waals surface area contributed by atoms with E-state index in [0.717, 1.165) is 55.6 Å². The average Bonchev–Trinajstić information content (AvgIpc) is 3.41. The second-order valence-corrected chi connectivity index (χ2v) is 8.73. The summed E-state index contributed by atoms with van der Waals surface area (Å²) in [4.78, 5) is 23.1. The van der Waals surface area contributed by atoms with Gasteiger partial charge in [0.2, 0.25) is 5.91 Å². The molecule has 0 N–H and O–H groups in total. The van der Waals surface area contributed by atoms with Gasteiger partial charge in [-0.05, 0) is 74.8 Å². The van der Waals surface area contributed by atoms with Crippen LogP contribution in [0.3, 0.4) is 0 Å². The van der Waals surface area contributed by atoms with Gasteiger partial charge in [0.15, 0.2) is 17.3 Å². The highest BCUT2D eigenvalue weighted by Gasteiger charge is 2.37. The van der Waals surface area contributed by atoms with Crippen LogP contribution >= 0.6 is 0 Å². The molecule has 0 radical (unpaired) electrons. The van der Waals surface area contributed by atoms with Crippen LogP contribution in [-0.4, -0.2) is 37.4 Å². The maximum atomic E-state index is 13.7. The third-order valence-electron chi connectivity index (χ3n) is 6.51. The van der Waals surface area contributed by atoms with Gasteiger partial charge in [0.25, 0.3) is 0 Å². The van der Waals surface area contributed by atoms with Crippen molar-refractivity contribution >= 4 is 11.6 Å². The van der Waals surface area contributed by atoms with Crippen molar-refractivity contribution in [1.29, 1.82) is 0 Å². The largest absolute Gasteiger partial charge is 0.272 e. The second-order valence-electron chi connectivity index (χ2n) is 8.73. The molecule has 1 amide bonds. The van der Waals surface area contributed by atoms with E-state index in [-0.39, 0.29) is 17.9 Å². The highest BCUT2D eigenvalue weighted by atomic mass is 19.2. The fourth-order valence-electron chi connectivity index (χ4n) is 4.83. The van der Waals surface area contributed by atoms with Gasteiger partial charge in [0.1, 0.15) is 5.82 Å². The van der Waals surface area contributed by atoms with Crippen LogP contribution in [0.2, 0.25) is 0 Å². The first-order valence-corrected chi connectivity index (χ1v) is 11.1. The van der Waals surface area contributed by atoms with Gasteiger partial charge in [-0.15, -0.1) is 9.73 Å². The summed E-state index contributed by atoms with van der Waals surface area (Å²) in [6.45, 7) is 2.23. The molecule has 1 atom stereocenters. The van der Waals surface area contributed by atoms with Crippen LogP contribution in [0.5, 0.6) is 0 Å². The van der Waals surface area contributed by atoms with Crippen molar-refractivity contribution in [1.82, 2.24) is 24.9 Å². The Bertz CT molecular complexity index is 1140. The number of fused-ring (bicyclic) bond motifs is 1. The molecule has 9 heteroatoms. The van der Waals surface area contributed by atoms with Crippen LogP contribution in [0.25, 0.3) is 5.65 Å². The molecule has 1 aromatic carbocycles. The van der Waals surface area contributed by atoms with E-state index in [9.17, 15) is 13.6 Å². The minimum absolute atomic E-state index is 0.0617. The van der Waals surface area contributed by atoms with Gasteiger partial charge in [-0.3, -0.25) is 9.63 Å². The number of halogens is 2. The molecule has 2 aromatic heterocycles. The fraction of sp³-hybridized carbons (Fsp3) is 0.478. The number of hydrogen-bond donors (Lipinski definition) is 0. The maximum absolute atomic E-state index is 13.7. The van der Waals surface area contributed by atoms with E-state index in [0.29, 0.717) is 30.3 Å². The van der Waals surface area contributed by atoms with Crippen molar-refractivity contribution in [2.45, 2.75) is 51.5 Å². The van der Waals surface area contributed by atoms with Crippen molar-refractivity contribution < 1.29 is 18.4 Å². The number of rotatable bonds is 4. The molecular weight excluding hydrogens is 416 g/mol. The van der Waals surface area contributed by atoms with E-state index >= 15 is 0 Å². The molecule has 5 rings (SSSR count). The Morgan fingerprint density at radius 3 is 2.66 bits per heavy atom. The first-order chi connectivity index (χ1) is 15.5. The average molecular weight is 441 g/mol. The van der Waals surface area contributed by atoms with E-state index in [2.05, 4.69) is 15.2 Å². The lowest BCUT2D eigenvalue weighted by atomic mass is 9.79. The normalized spacial score (nSPS) is 23.7. The van der Waals surface area contributed by atoms with Gasteiger partial charge in [0, 0.05) is 12.3 Å². The Morgan fingerprint density at radius 1 is 1.06 bits per heavy atom. The van der Waals surface area contributed by atoms with E-state index in [4.69, 9.17) is 4.84 Å². The minimum Gasteiger partial charge on any atom is -0.272 e. The quantitative estimate of drug-likeness (QED) is 0.613. The van der Waals surface area contributed by atoms with E-state index in [1.807, 2.05) is 19.1 Å². The van der Waals surface area contributed by atoms with Gasteiger partial charge >= 0.3 is 0 Å². The third kappa shape index (κ3) is 4.09. The van der Waals surface area contributed by atoms with Gasteiger partial charge in [0.05, 0.1) is 18.3 Å². The van der Waals surface area contributed by atoms with Gasteiger partial charge < -0.3 is 0 Å². The number of hydroxylamine groups is 2. The molecule has 1 saturated heterocycles. The number of nitrogens with zero attached hydrogens (tertiary/aromatic N) is 5. The topological polar surface area (TPSA) is 72.6 Å². The zero-order chi connectivity index (χ0) is 22.2. The van der Waals surface area contributed by atoms with E-state index in [1.165, 1.54) is 11.1 Å². The first kappa shape index (κ1) is 20.9. The molecule has 2 fully saturated rings. The summed E-state index contributed by atoms with van der Waals surface area (Å²) in [6.07, 6.45) is 4.82. The van der Waals surface area contributed by atoms with Crippen molar-refractivity contribution in [3.8, 4) is 0 Å². The summed E-state index contributed by atoms with van der Waals surface area (Å²) in [5, 5.41) is 10.2. The standard InChI is InChI=1S/C23H25F2N5O2/c1-14-26-22-9-7-18(28-30(22)27-14)12-15-2-4-16(5-3-15)23(31)29-21(10-11-32-29)17-6-8-19(24)20(25)13-17/h6-9,13,15-16,21H,2-5,10-12H2,1H3/t15?,16?,21-/m0/s1. The minimum atomic E-state index is -0.907. The molecule has 1 aliphatic heterocycles. The number of benzene rings is 1. The summed E-state index contributed by atoms with van der Waals surface area (Å²) >= 11 is 0. The predicted octanol–water partition coefficient (Wildman–Crippen LogP) is 3.97. The molecule has 1 saturated carbocycles. The van der Waals surface area contributed by atoms with E-state index in [1.54, 1.807) is 4.63 Å². The van der Waals surface area contributed by atoms with Crippen LogP contribution in [0.4, 0.5) is 8.78 Å². The maximum Gasteiger partial charge on any atom is 0.249 e. The van der Waals surface area contributed by atoms with Crippen LogP contribution in [0.1, 0.15) is 55.2 Å². The summed E-state index contributed by atoms with van der Waals surface area (Å²) < 4.78 is 28.6. The summed E-state index contributed by atoms with van der Waals surface area (Å²) in [6, 6.07) is 7.33. The fourth-order valence-corrected chi connectivity index (χ4v) is 4.83. The van der Waals surface area contributed by atoms with Gasteiger partial charge in [-0.2, -0.15) is 5.10 Å². The Kier molecular flexibility index (Phi) is 5.58. The van der Waals surface area contributed by atoms with E-state index < -0.39 is 11.6 Å². The van der Waals surface area contributed by atoms with Crippen molar-refractivity contribution in [3.05, 3.63) is 59.0 Å². The number of carbonyl (C=O) groups excluding carboxylic acids is 1. The molecule has 0 unspecified atom stereocenters. The Hall–Kier alpha value is -2.94. The second kappa shape index (κ2) is 8.54. The van der Waals surface area contributed by atoms with Crippen LogP contribution in [0.15, 0.2) is 30.3 Å². The molecular formula is C23H25F2N5O2. The lowest BCUT2D eigenvalue weighted by Crippen LogP contribution is -2.36. The molecule has 7 nitrogen and oxygen atoms in total. The summed E-state index contributed by atoms with van der Waals surface area (Å²) in [7, 11) is 0. The summed E-state index contributed by atoms with van der Waals surface area (Å²) in [5.41, 5.74) is 2.27. The lowest BCUT2D eigenvalue weighted by Gasteiger charge is -2.32. The molecule has 3 aromatic rings. The number of amides is 1.